The molecule has 2 aromatic carbocycles. The van der Waals surface area contributed by atoms with E-state index in [1.54, 1.807) is 6.07 Å². The van der Waals surface area contributed by atoms with E-state index in [2.05, 4.69) is 10.4 Å². The van der Waals surface area contributed by atoms with E-state index in [-0.39, 0.29) is 11.3 Å². The lowest BCUT2D eigenvalue weighted by Gasteiger charge is -2.09. The van der Waals surface area contributed by atoms with Gasteiger partial charge in [-0.25, -0.2) is 0 Å². The largest absolute Gasteiger partial charge is 0.319 e. The third-order valence-corrected chi connectivity index (χ3v) is 4.52. The number of aromatic nitrogens is 2. The van der Waals surface area contributed by atoms with E-state index in [0.717, 1.165) is 11.3 Å². The third kappa shape index (κ3) is 3.87. The van der Waals surface area contributed by atoms with Crippen LogP contribution < -0.4 is 5.32 Å². The fourth-order valence-electron chi connectivity index (χ4n) is 2.93. The van der Waals surface area contributed by atoms with Crippen LogP contribution in [0, 0.1) is 30.9 Å². The molecule has 1 heterocycles. The fourth-order valence-corrected chi connectivity index (χ4v) is 2.93. The van der Waals surface area contributed by atoms with Gasteiger partial charge in [0.05, 0.1) is 28.5 Å². The van der Waals surface area contributed by atoms with Crippen LogP contribution in [0.3, 0.4) is 0 Å². The summed E-state index contributed by atoms with van der Waals surface area (Å²) in [5.74, 6) is -0.402. The van der Waals surface area contributed by atoms with Crippen LogP contribution in [0.4, 0.5) is 11.4 Å². The monoisotopic (exact) mass is 364 g/mol. The molecule has 0 radical (unpaired) electrons. The molecule has 0 atom stereocenters. The maximum absolute atomic E-state index is 12.5. The Bertz CT molecular complexity index is 1020. The molecule has 138 valence electrons. The van der Waals surface area contributed by atoms with E-state index in [1.807, 2.05) is 49.7 Å². The molecule has 3 rings (SSSR count). The fraction of sp³-hybridized carbons (Fsp3) is 0.200. The predicted octanol–water partition coefficient (Wildman–Crippen LogP) is 4.02. The number of nitrogens with zero attached hydrogens (tertiary/aromatic N) is 3. The van der Waals surface area contributed by atoms with Crippen molar-refractivity contribution in [1.29, 1.82) is 0 Å². The van der Waals surface area contributed by atoms with E-state index in [0.29, 0.717) is 17.9 Å². The molecule has 1 aromatic heterocycles. The SMILES string of the molecule is Cc1ccccc1Cn1nc(C)c(NC(=O)c2cccc([N+](=O)[O-])c2)c1C. The van der Waals surface area contributed by atoms with Crippen LogP contribution in [0.1, 0.15) is 32.9 Å². The number of carbonyl (C=O) groups is 1. The molecule has 1 amide bonds. The van der Waals surface area contributed by atoms with Gasteiger partial charge < -0.3 is 5.32 Å². The highest BCUT2D eigenvalue weighted by Gasteiger charge is 2.17. The normalized spacial score (nSPS) is 10.6. The van der Waals surface area contributed by atoms with Gasteiger partial charge in [-0.1, -0.05) is 30.3 Å². The molecule has 1 N–H and O–H groups in total. The zero-order valence-corrected chi connectivity index (χ0v) is 15.4. The van der Waals surface area contributed by atoms with Crippen LogP contribution in [0.15, 0.2) is 48.5 Å². The molecule has 0 saturated carbocycles. The molecule has 0 fully saturated rings. The van der Waals surface area contributed by atoms with Gasteiger partial charge in [0.25, 0.3) is 11.6 Å². The molecule has 0 spiro atoms. The smallest absolute Gasteiger partial charge is 0.270 e. The summed E-state index contributed by atoms with van der Waals surface area (Å²) >= 11 is 0. The molecule has 7 heteroatoms. The average Bonchev–Trinajstić information content (AvgIpc) is 2.91. The Labute approximate surface area is 156 Å². The molecule has 27 heavy (non-hydrogen) atoms. The topological polar surface area (TPSA) is 90.1 Å². The van der Waals surface area contributed by atoms with Crippen LogP contribution in [0.2, 0.25) is 0 Å². The number of hydrogen-bond acceptors (Lipinski definition) is 4. The first-order valence-electron chi connectivity index (χ1n) is 8.51. The number of nitrogens with one attached hydrogen (secondary N) is 1. The van der Waals surface area contributed by atoms with E-state index in [1.165, 1.54) is 23.8 Å². The standard InChI is InChI=1S/C20H20N4O3/c1-13-7-4-5-8-17(13)12-23-15(3)19(14(2)22-23)21-20(25)16-9-6-10-18(11-16)24(26)27/h4-11H,12H2,1-3H3,(H,21,25). The van der Waals surface area contributed by atoms with Crippen molar-refractivity contribution in [3.8, 4) is 0 Å². The lowest BCUT2D eigenvalue weighted by molar-refractivity contribution is -0.384. The van der Waals surface area contributed by atoms with E-state index >= 15 is 0 Å². The van der Waals surface area contributed by atoms with Crippen molar-refractivity contribution in [2.45, 2.75) is 27.3 Å². The molecule has 0 aliphatic heterocycles. The summed E-state index contributed by atoms with van der Waals surface area (Å²) in [5, 5.41) is 18.3. The molecular weight excluding hydrogens is 344 g/mol. The number of carbonyl (C=O) groups excluding carboxylic acids is 1. The minimum absolute atomic E-state index is 0.119. The quantitative estimate of drug-likeness (QED) is 0.547. The van der Waals surface area contributed by atoms with Crippen molar-refractivity contribution in [3.63, 3.8) is 0 Å². The van der Waals surface area contributed by atoms with Crippen LogP contribution in [-0.4, -0.2) is 20.6 Å². The van der Waals surface area contributed by atoms with E-state index in [9.17, 15) is 14.9 Å². The first-order valence-corrected chi connectivity index (χ1v) is 8.51. The van der Waals surface area contributed by atoms with Crippen molar-refractivity contribution in [2.75, 3.05) is 5.32 Å². The highest BCUT2D eigenvalue weighted by Crippen LogP contribution is 2.23. The average molecular weight is 364 g/mol. The van der Waals surface area contributed by atoms with Crippen molar-refractivity contribution in [2.24, 2.45) is 0 Å². The lowest BCUT2D eigenvalue weighted by atomic mass is 10.1. The number of amides is 1. The van der Waals surface area contributed by atoms with Crippen LogP contribution >= 0.6 is 0 Å². The maximum Gasteiger partial charge on any atom is 0.270 e. The van der Waals surface area contributed by atoms with Gasteiger partial charge in [-0.2, -0.15) is 5.10 Å². The van der Waals surface area contributed by atoms with Gasteiger partial charge in [0.15, 0.2) is 0 Å². The zero-order chi connectivity index (χ0) is 19.6. The number of nitro groups is 1. The predicted molar refractivity (Wildman–Crippen MR) is 103 cm³/mol. The molecule has 0 unspecified atom stereocenters. The Morgan fingerprint density at radius 1 is 1.15 bits per heavy atom. The molecule has 7 nitrogen and oxygen atoms in total. The van der Waals surface area contributed by atoms with Crippen LogP contribution in [0.5, 0.6) is 0 Å². The molecule has 0 aliphatic carbocycles. The van der Waals surface area contributed by atoms with Gasteiger partial charge in [-0.3, -0.25) is 19.6 Å². The highest BCUT2D eigenvalue weighted by atomic mass is 16.6. The first-order chi connectivity index (χ1) is 12.9. The summed E-state index contributed by atoms with van der Waals surface area (Å²) in [6.07, 6.45) is 0. The summed E-state index contributed by atoms with van der Waals surface area (Å²) in [5.41, 5.74) is 4.59. The third-order valence-electron chi connectivity index (χ3n) is 4.52. The Morgan fingerprint density at radius 2 is 1.89 bits per heavy atom. The summed E-state index contributed by atoms with van der Waals surface area (Å²) in [7, 11) is 0. The molecular formula is C20H20N4O3. The number of hydrogen-bond donors (Lipinski definition) is 1. The van der Waals surface area contributed by atoms with Crippen molar-refractivity contribution >= 4 is 17.3 Å². The Kier molecular flexibility index (Phi) is 5.03. The Balaban J connectivity index is 1.85. The van der Waals surface area contributed by atoms with Crippen LogP contribution in [-0.2, 0) is 6.54 Å². The second-order valence-corrected chi connectivity index (χ2v) is 6.39. The number of rotatable bonds is 5. The Morgan fingerprint density at radius 3 is 2.59 bits per heavy atom. The molecule has 0 bridgehead atoms. The van der Waals surface area contributed by atoms with E-state index < -0.39 is 10.8 Å². The zero-order valence-electron chi connectivity index (χ0n) is 15.4. The number of anilines is 1. The summed E-state index contributed by atoms with van der Waals surface area (Å²) in [6.45, 7) is 6.36. The highest BCUT2D eigenvalue weighted by molar-refractivity contribution is 6.05. The van der Waals surface area contributed by atoms with Crippen molar-refractivity contribution in [3.05, 3.63) is 86.7 Å². The molecule has 3 aromatic rings. The van der Waals surface area contributed by atoms with Gasteiger partial charge in [0.2, 0.25) is 0 Å². The van der Waals surface area contributed by atoms with Gasteiger partial charge in [0.1, 0.15) is 0 Å². The van der Waals surface area contributed by atoms with Gasteiger partial charge in [-0.15, -0.1) is 0 Å². The minimum Gasteiger partial charge on any atom is -0.319 e. The Hall–Kier alpha value is -3.48. The minimum atomic E-state index is -0.520. The number of non-ortho nitro benzene ring substituents is 1. The van der Waals surface area contributed by atoms with Crippen LogP contribution in [0.25, 0.3) is 0 Å². The first kappa shape index (κ1) is 18.3. The van der Waals surface area contributed by atoms with Crippen molar-refractivity contribution < 1.29 is 9.72 Å². The second-order valence-electron chi connectivity index (χ2n) is 6.39. The summed E-state index contributed by atoms with van der Waals surface area (Å²) in [6, 6.07) is 13.7. The molecule has 0 aliphatic rings. The van der Waals surface area contributed by atoms with Gasteiger partial charge >= 0.3 is 0 Å². The second kappa shape index (κ2) is 7.41. The van der Waals surface area contributed by atoms with E-state index in [4.69, 9.17) is 0 Å². The van der Waals surface area contributed by atoms with Crippen molar-refractivity contribution in [1.82, 2.24) is 9.78 Å². The maximum atomic E-state index is 12.5. The van der Waals surface area contributed by atoms with Gasteiger partial charge in [0, 0.05) is 17.7 Å². The summed E-state index contributed by atoms with van der Waals surface area (Å²) in [4.78, 5) is 22.9. The number of nitro benzene ring substituents is 1. The molecule has 0 saturated heterocycles. The number of benzene rings is 2. The summed E-state index contributed by atoms with van der Waals surface area (Å²) < 4.78 is 1.85. The number of aryl methyl sites for hydroxylation is 2. The lowest BCUT2D eigenvalue weighted by Crippen LogP contribution is -2.13. The van der Waals surface area contributed by atoms with Gasteiger partial charge in [-0.05, 0) is 38.0 Å².